The Morgan fingerprint density at radius 2 is 1.85 bits per heavy atom. The highest BCUT2D eigenvalue weighted by Gasteiger charge is 2.63. The lowest BCUT2D eigenvalue weighted by Crippen LogP contribution is -2.76. The van der Waals surface area contributed by atoms with Crippen LogP contribution in [0.15, 0.2) is 0 Å². The van der Waals surface area contributed by atoms with E-state index in [0.29, 0.717) is 19.1 Å². The molecule has 2 aliphatic rings. The maximum absolute atomic E-state index is 12.4. The summed E-state index contributed by atoms with van der Waals surface area (Å²) in [4.78, 5) is 12.4. The predicted molar refractivity (Wildman–Crippen MR) is 77.3 cm³/mol. The Hall–Kier alpha value is -0.650. The molecule has 1 amide bonds. The van der Waals surface area contributed by atoms with Crippen LogP contribution in [0.25, 0.3) is 0 Å². The zero-order valence-corrected chi connectivity index (χ0v) is 13.1. The van der Waals surface area contributed by atoms with Crippen LogP contribution in [-0.2, 0) is 14.3 Å². The molecule has 2 aliphatic carbocycles. The second kappa shape index (κ2) is 5.62. The van der Waals surface area contributed by atoms with Crippen molar-refractivity contribution in [2.45, 2.75) is 70.7 Å². The third-order valence-electron chi connectivity index (χ3n) is 5.07. The number of nitrogens with two attached hydrogens (primary N) is 1. The number of amides is 1. The lowest BCUT2D eigenvalue weighted by molar-refractivity contribution is -0.172. The Labute approximate surface area is 121 Å². The van der Waals surface area contributed by atoms with Gasteiger partial charge >= 0.3 is 0 Å². The number of ether oxygens (including phenoxy) is 2. The SMILES string of the molecule is CCOC1CC(NC(=O)C2(N)CC(OCC)C2(C)C)C1. The highest BCUT2D eigenvalue weighted by Crippen LogP contribution is 2.50. The molecule has 3 N–H and O–H groups in total. The summed E-state index contributed by atoms with van der Waals surface area (Å²) in [5, 5.41) is 3.07. The highest BCUT2D eigenvalue weighted by atomic mass is 16.5. The Morgan fingerprint density at radius 1 is 1.25 bits per heavy atom. The zero-order valence-electron chi connectivity index (χ0n) is 13.1. The number of hydrogen-bond acceptors (Lipinski definition) is 4. The predicted octanol–water partition coefficient (Wildman–Crippen LogP) is 1.20. The summed E-state index contributed by atoms with van der Waals surface area (Å²) in [6.45, 7) is 9.38. The maximum Gasteiger partial charge on any atom is 0.241 e. The Bertz CT molecular complexity index is 366. The van der Waals surface area contributed by atoms with Crippen LogP contribution in [0.1, 0.15) is 47.0 Å². The number of hydrogen-bond donors (Lipinski definition) is 2. The van der Waals surface area contributed by atoms with Crippen LogP contribution >= 0.6 is 0 Å². The largest absolute Gasteiger partial charge is 0.378 e. The third kappa shape index (κ3) is 2.47. The zero-order chi connectivity index (χ0) is 15.0. The molecule has 2 rings (SSSR count). The van der Waals surface area contributed by atoms with Gasteiger partial charge < -0.3 is 20.5 Å². The number of nitrogens with one attached hydrogen (secondary N) is 1. The standard InChI is InChI=1S/C15H28N2O3/c1-5-19-11-7-10(8-11)17-13(18)15(16)9-12(20-6-2)14(15,3)4/h10-12H,5-9,16H2,1-4H3,(H,17,18). The average Bonchev–Trinajstić information content (AvgIpc) is 2.35. The molecule has 2 atom stereocenters. The van der Waals surface area contributed by atoms with E-state index < -0.39 is 5.54 Å². The molecule has 0 aromatic rings. The minimum Gasteiger partial charge on any atom is -0.378 e. The van der Waals surface area contributed by atoms with E-state index in [4.69, 9.17) is 15.2 Å². The van der Waals surface area contributed by atoms with Crippen LogP contribution in [0.2, 0.25) is 0 Å². The van der Waals surface area contributed by atoms with Gasteiger partial charge in [0.1, 0.15) is 5.54 Å². The molecule has 2 fully saturated rings. The number of carbonyl (C=O) groups is 1. The van der Waals surface area contributed by atoms with Gasteiger partial charge in [-0.25, -0.2) is 0 Å². The van der Waals surface area contributed by atoms with Crippen LogP contribution in [0.3, 0.4) is 0 Å². The minimum atomic E-state index is -0.816. The molecule has 5 nitrogen and oxygen atoms in total. The van der Waals surface area contributed by atoms with Gasteiger partial charge in [-0.1, -0.05) is 13.8 Å². The van der Waals surface area contributed by atoms with Gasteiger partial charge in [-0.05, 0) is 26.7 Å². The molecule has 0 saturated heterocycles. The van der Waals surface area contributed by atoms with Crippen molar-refractivity contribution in [1.29, 1.82) is 0 Å². The molecule has 0 radical (unpaired) electrons. The first-order chi connectivity index (χ1) is 9.35. The van der Waals surface area contributed by atoms with Crippen LogP contribution in [-0.4, -0.2) is 42.9 Å². The summed E-state index contributed by atoms with van der Waals surface area (Å²) in [5.41, 5.74) is 5.20. The van der Waals surface area contributed by atoms with E-state index in [9.17, 15) is 4.79 Å². The first kappa shape index (κ1) is 15.7. The first-order valence-corrected chi connectivity index (χ1v) is 7.68. The molecule has 0 bridgehead atoms. The topological polar surface area (TPSA) is 73.6 Å². The summed E-state index contributed by atoms with van der Waals surface area (Å²) in [5.74, 6) is -0.0431. The molecular formula is C15H28N2O3. The molecule has 116 valence electrons. The third-order valence-corrected chi connectivity index (χ3v) is 5.07. The van der Waals surface area contributed by atoms with Crippen LogP contribution < -0.4 is 11.1 Å². The second-order valence-electron chi connectivity index (χ2n) is 6.56. The van der Waals surface area contributed by atoms with Crippen molar-refractivity contribution in [3.63, 3.8) is 0 Å². The van der Waals surface area contributed by atoms with Gasteiger partial charge in [0.25, 0.3) is 0 Å². The van der Waals surface area contributed by atoms with Crippen molar-refractivity contribution in [3.05, 3.63) is 0 Å². The Kier molecular flexibility index (Phi) is 4.42. The van der Waals surface area contributed by atoms with Crippen molar-refractivity contribution in [3.8, 4) is 0 Å². The van der Waals surface area contributed by atoms with E-state index in [2.05, 4.69) is 5.32 Å². The Morgan fingerprint density at radius 3 is 2.35 bits per heavy atom. The molecule has 0 heterocycles. The summed E-state index contributed by atoms with van der Waals surface area (Å²) in [7, 11) is 0. The summed E-state index contributed by atoms with van der Waals surface area (Å²) < 4.78 is 11.2. The number of rotatable bonds is 6. The molecular weight excluding hydrogens is 256 g/mol. The van der Waals surface area contributed by atoms with Crippen molar-refractivity contribution in [2.75, 3.05) is 13.2 Å². The van der Waals surface area contributed by atoms with E-state index in [1.807, 2.05) is 27.7 Å². The summed E-state index contributed by atoms with van der Waals surface area (Å²) >= 11 is 0. The van der Waals surface area contributed by atoms with Gasteiger partial charge in [0.05, 0.1) is 12.2 Å². The van der Waals surface area contributed by atoms with E-state index in [1.165, 1.54) is 0 Å². The van der Waals surface area contributed by atoms with Gasteiger partial charge in [0, 0.05) is 31.1 Å². The molecule has 0 aromatic carbocycles. The van der Waals surface area contributed by atoms with Gasteiger partial charge in [-0.15, -0.1) is 0 Å². The Balaban J connectivity index is 1.84. The van der Waals surface area contributed by atoms with E-state index in [0.717, 1.165) is 19.4 Å². The second-order valence-corrected chi connectivity index (χ2v) is 6.56. The van der Waals surface area contributed by atoms with Gasteiger partial charge in [0.15, 0.2) is 0 Å². The van der Waals surface area contributed by atoms with Crippen molar-refractivity contribution < 1.29 is 14.3 Å². The van der Waals surface area contributed by atoms with Crippen molar-refractivity contribution in [1.82, 2.24) is 5.32 Å². The summed E-state index contributed by atoms with van der Waals surface area (Å²) in [6, 6.07) is 0.210. The fraction of sp³-hybridized carbons (Fsp3) is 0.933. The van der Waals surface area contributed by atoms with Crippen molar-refractivity contribution in [2.24, 2.45) is 11.1 Å². The van der Waals surface area contributed by atoms with E-state index in [-0.39, 0.29) is 23.5 Å². The quantitative estimate of drug-likeness (QED) is 0.769. The molecule has 5 heteroatoms. The lowest BCUT2D eigenvalue weighted by Gasteiger charge is -2.58. The molecule has 2 unspecified atom stereocenters. The molecule has 0 spiro atoms. The van der Waals surface area contributed by atoms with Gasteiger partial charge in [0.2, 0.25) is 5.91 Å². The summed E-state index contributed by atoms with van der Waals surface area (Å²) in [6.07, 6.45) is 2.75. The fourth-order valence-electron chi connectivity index (χ4n) is 3.19. The molecule has 0 aliphatic heterocycles. The molecule has 0 aromatic heterocycles. The van der Waals surface area contributed by atoms with E-state index in [1.54, 1.807) is 0 Å². The van der Waals surface area contributed by atoms with Gasteiger partial charge in [-0.3, -0.25) is 4.79 Å². The van der Waals surface area contributed by atoms with Crippen LogP contribution in [0.4, 0.5) is 0 Å². The number of carbonyl (C=O) groups excluding carboxylic acids is 1. The first-order valence-electron chi connectivity index (χ1n) is 7.68. The molecule has 2 saturated carbocycles. The minimum absolute atomic E-state index is 0.0431. The smallest absolute Gasteiger partial charge is 0.241 e. The average molecular weight is 284 g/mol. The van der Waals surface area contributed by atoms with E-state index >= 15 is 0 Å². The maximum atomic E-state index is 12.4. The monoisotopic (exact) mass is 284 g/mol. The normalized spacial score (nSPS) is 38.8. The van der Waals surface area contributed by atoms with Gasteiger partial charge in [-0.2, -0.15) is 0 Å². The fourth-order valence-corrected chi connectivity index (χ4v) is 3.19. The highest BCUT2D eigenvalue weighted by molar-refractivity contribution is 5.89. The lowest BCUT2D eigenvalue weighted by atomic mass is 9.54. The molecule has 20 heavy (non-hydrogen) atoms. The van der Waals surface area contributed by atoms with Crippen molar-refractivity contribution >= 4 is 5.91 Å². The van der Waals surface area contributed by atoms with Crippen LogP contribution in [0, 0.1) is 5.41 Å². The van der Waals surface area contributed by atoms with Crippen LogP contribution in [0.5, 0.6) is 0 Å².